The first-order chi connectivity index (χ1) is 10.7. The van der Waals surface area contributed by atoms with Gasteiger partial charge in [0, 0.05) is 43.8 Å². The Labute approximate surface area is 133 Å². The summed E-state index contributed by atoms with van der Waals surface area (Å²) >= 11 is 1.70. The highest BCUT2D eigenvalue weighted by Gasteiger charge is 2.44. The van der Waals surface area contributed by atoms with Crippen LogP contribution in [0.3, 0.4) is 0 Å². The molecule has 2 saturated heterocycles. The number of aryl methyl sites for hydroxylation is 1. The molecule has 1 amide bonds. The lowest BCUT2D eigenvalue weighted by molar-refractivity contribution is -0.120. The van der Waals surface area contributed by atoms with Crippen LogP contribution in [0.1, 0.15) is 24.3 Å². The zero-order valence-corrected chi connectivity index (χ0v) is 13.4. The summed E-state index contributed by atoms with van der Waals surface area (Å²) in [4.78, 5) is 21.3. The predicted molar refractivity (Wildman–Crippen MR) is 84.6 cm³/mol. The van der Waals surface area contributed by atoms with Gasteiger partial charge in [0.15, 0.2) is 0 Å². The molecular weight excluding hydrogens is 298 g/mol. The lowest BCUT2D eigenvalue weighted by atomic mass is 9.96. The Morgan fingerprint density at radius 1 is 1.36 bits per heavy atom. The molecule has 2 aliphatic rings. The van der Waals surface area contributed by atoms with Gasteiger partial charge in [-0.2, -0.15) is 5.10 Å². The van der Waals surface area contributed by atoms with Gasteiger partial charge in [0.1, 0.15) is 5.01 Å². The molecule has 0 aromatic carbocycles. The largest absolute Gasteiger partial charge is 0.305 e. The maximum absolute atomic E-state index is 12.4. The molecular formula is C15H19N5OS. The van der Waals surface area contributed by atoms with Crippen molar-refractivity contribution < 1.29 is 4.79 Å². The molecule has 2 aromatic heterocycles. The minimum Gasteiger partial charge on any atom is -0.305 e. The monoisotopic (exact) mass is 317 g/mol. The molecule has 22 heavy (non-hydrogen) atoms. The van der Waals surface area contributed by atoms with Crippen LogP contribution in [-0.4, -0.2) is 44.2 Å². The summed E-state index contributed by atoms with van der Waals surface area (Å²) in [5.41, 5.74) is 0.929. The van der Waals surface area contributed by atoms with E-state index in [0.29, 0.717) is 12.5 Å². The smallest absolute Gasteiger partial charge is 0.227 e. The Bertz CT molecular complexity index is 667. The molecule has 6 nitrogen and oxygen atoms in total. The van der Waals surface area contributed by atoms with Crippen LogP contribution in [-0.2, 0) is 18.4 Å². The third-order valence-electron chi connectivity index (χ3n) is 4.67. The van der Waals surface area contributed by atoms with Crippen LogP contribution in [0.5, 0.6) is 0 Å². The quantitative estimate of drug-likeness (QED) is 0.864. The number of hydrogen-bond acceptors (Lipinski definition) is 5. The molecule has 0 N–H and O–H groups in total. The van der Waals surface area contributed by atoms with Crippen molar-refractivity contribution in [2.75, 3.05) is 11.4 Å². The molecule has 116 valence electrons. The van der Waals surface area contributed by atoms with Gasteiger partial charge in [-0.05, 0) is 12.8 Å². The van der Waals surface area contributed by atoms with Gasteiger partial charge in [-0.1, -0.05) is 0 Å². The van der Waals surface area contributed by atoms with Crippen LogP contribution < -0.4 is 4.90 Å². The van der Waals surface area contributed by atoms with Crippen molar-refractivity contribution >= 4 is 22.9 Å². The first kappa shape index (κ1) is 13.9. The van der Waals surface area contributed by atoms with Gasteiger partial charge in [-0.15, -0.1) is 11.3 Å². The van der Waals surface area contributed by atoms with E-state index in [-0.39, 0.29) is 11.9 Å². The Morgan fingerprint density at radius 3 is 3.00 bits per heavy atom. The van der Waals surface area contributed by atoms with Crippen LogP contribution >= 0.6 is 11.3 Å². The molecule has 4 heterocycles. The third-order valence-corrected chi connectivity index (χ3v) is 5.44. The van der Waals surface area contributed by atoms with Gasteiger partial charge < -0.3 is 4.90 Å². The van der Waals surface area contributed by atoms with Crippen molar-refractivity contribution in [3.8, 4) is 0 Å². The van der Waals surface area contributed by atoms with Crippen molar-refractivity contribution in [2.45, 2.75) is 37.9 Å². The first-order valence-corrected chi connectivity index (χ1v) is 8.53. The third kappa shape index (κ3) is 2.34. The number of carbonyl (C=O) groups is 1. The van der Waals surface area contributed by atoms with Crippen molar-refractivity contribution in [1.82, 2.24) is 19.7 Å². The number of fused-ring (bicyclic) bond motifs is 1. The van der Waals surface area contributed by atoms with Crippen LogP contribution in [0.4, 0.5) is 5.69 Å². The lowest BCUT2D eigenvalue weighted by Gasteiger charge is -2.39. The normalized spacial score (nSPS) is 25.7. The Balaban J connectivity index is 1.56. The zero-order chi connectivity index (χ0) is 15.1. The van der Waals surface area contributed by atoms with Crippen LogP contribution in [0.2, 0.25) is 0 Å². The fourth-order valence-corrected chi connectivity index (χ4v) is 4.36. The highest BCUT2D eigenvalue weighted by molar-refractivity contribution is 7.09. The minimum atomic E-state index is 0.227. The maximum atomic E-state index is 12.4. The van der Waals surface area contributed by atoms with Gasteiger partial charge >= 0.3 is 0 Å². The molecule has 0 radical (unpaired) electrons. The molecule has 0 aliphatic carbocycles. The van der Waals surface area contributed by atoms with Gasteiger partial charge in [-0.25, -0.2) is 4.98 Å². The van der Waals surface area contributed by atoms with E-state index in [0.717, 1.165) is 36.6 Å². The minimum absolute atomic E-state index is 0.227. The predicted octanol–water partition coefficient (Wildman–Crippen LogP) is 1.65. The second kappa shape index (κ2) is 5.48. The van der Waals surface area contributed by atoms with E-state index in [1.54, 1.807) is 22.2 Å². The second-order valence-electron chi connectivity index (χ2n) is 5.99. The fourth-order valence-electron chi connectivity index (χ4n) is 3.72. The average molecular weight is 317 g/mol. The molecule has 7 heteroatoms. The molecule has 0 unspecified atom stereocenters. The molecule has 2 aliphatic heterocycles. The summed E-state index contributed by atoms with van der Waals surface area (Å²) in [5, 5.41) is 7.40. The van der Waals surface area contributed by atoms with Gasteiger partial charge in [-0.3, -0.25) is 14.4 Å². The first-order valence-electron chi connectivity index (χ1n) is 7.65. The van der Waals surface area contributed by atoms with E-state index >= 15 is 0 Å². The summed E-state index contributed by atoms with van der Waals surface area (Å²) in [6, 6.07) is 0.701. The van der Waals surface area contributed by atoms with Crippen molar-refractivity contribution in [2.24, 2.45) is 7.05 Å². The Kier molecular flexibility index (Phi) is 3.46. The van der Waals surface area contributed by atoms with Crippen molar-refractivity contribution in [1.29, 1.82) is 0 Å². The van der Waals surface area contributed by atoms with E-state index in [1.165, 1.54) is 0 Å². The van der Waals surface area contributed by atoms with E-state index < -0.39 is 0 Å². The number of rotatable bonds is 3. The summed E-state index contributed by atoms with van der Waals surface area (Å²) in [6.45, 7) is 1.92. The Morgan fingerprint density at radius 2 is 2.27 bits per heavy atom. The maximum Gasteiger partial charge on any atom is 0.227 e. The molecule has 2 fully saturated rings. The number of amides is 1. The van der Waals surface area contributed by atoms with E-state index in [4.69, 9.17) is 0 Å². The number of aromatic nitrogens is 3. The topological polar surface area (TPSA) is 54.3 Å². The number of thiazole rings is 1. The number of hydrogen-bond donors (Lipinski definition) is 0. The van der Waals surface area contributed by atoms with Gasteiger partial charge in [0.2, 0.25) is 5.91 Å². The standard InChI is InChI=1S/C15H19N5OS/c1-18-9-11(8-17-18)20-13-4-6-19(10-14-16-5-7-22-14)12(13)2-3-15(20)21/h5,7-9,12-13H,2-4,6,10H2,1H3/t12-,13-/m1/s1. The van der Waals surface area contributed by atoms with Crippen LogP contribution in [0.25, 0.3) is 0 Å². The molecule has 2 atom stereocenters. The molecule has 0 saturated carbocycles. The zero-order valence-electron chi connectivity index (χ0n) is 12.6. The van der Waals surface area contributed by atoms with E-state index in [1.807, 2.05) is 29.7 Å². The van der Waals surface area contributed by atoms with Crippen LogP contribution in [0, 0.1) is 0 Å². The number of piperidine rings is 1. The highest BCUT2D eigenvalue weighted by atomic mass is 32.1. The van der Waals surface area contributed by atoms with Crippen LogP contribution in [0.15, 0.2) is 24.0 Å². The molecule has 4 rings (SSSR count). The second-order valence-corrected chi connectivity index (χ2v) is 6.97. The summed E-state index contributed by atoms with van der Waals surface area (Å²) in [6.07, 6.45) is 8.18. The Hall–Kier alpha value is -1.73. The summed E-state index contributed by atoms with van der Waals surface area (Å²) in [7, 11) is 1.89. The summed E-state index contributed by atoms with van der Waals surface area (Å²) in [5.74, 6) is 0.227. The number of anilines is 1. The number of carbonyl (C=O) groups excluding carboxylic acids is 1. The SMILES string of the molecule is Cn1cc(N2C(=O)CC[C@@H]3[C@H]2CCN3Cc2nccs2)cn1. The fraction of sp³-hybridized carbons (Fsp3) is 0.533. The van der Waals surface area contributed by atoms with Gasteiger partial charge in [0.05, 0.1) is 24.5 Å². The van der Waals surface area contributed by atoms with Crippen molar-refractivity contribution in [3.63, 3.8) is 0 Å². The highest BCUT2D eigenvalue weighted by Crippen LogP contribution is 2.35. The average Bonchev–Trinajstić information content (AvgIpc) is 3.22. The number of likely N-dealkylation sites (tertiary alicyclic amines) is 1. The van der Waals surface area contributed by atoms with E-state index in [2.05, 4.69) is 15.0 Å². The molecule has 2 aromatic rings. The van der Waals surface area contributed by atoms with Gasteiger partial charge in [0.25, 0.3) is 0 Å². The van der Waals surface area contributed by atoms with E-state index in [9.17, 15) is 4.79 Å². The van der Waals surface area contributed by atoms with Crippen molar-refractivity contribution in [3.05, 3.63) is 29.0 Å². The molecule has 0 bridgehead atoms. The molecule has 0 spiro atoms. The summed E-state index contributed by atoms with van der Waals surface area (Å²) < 4.78 is 1.76. The number of nitrogens with zero attached hydrogens (tertiary/aromatic N) is 5. The lowest BCUT2D eigenvalue weighted by Crippen LogP contribution is -2.52.